The predicted octanol–water partition coefficient (Wildman–Crippen LogP) is 2.89. The molecule has 4 aromatic rings. The van der Waals surface area contributed by atoms with Gasteiger partial charge >= 0.3 is 0 Å². The second-order valence-corrected chi connectivity index (χ2v) is 9.14. The molecule has 39 heavy (non-hydrogen) atoms. The molecule has 0 amide bonds. The first-order chi connectivity index (χ1) is 18.9. The Morgan fingerprint density at radius 3 is 2.05 bits per heavy atom. The number of hydrogen-bond donors (Lipinski definition) is 2. The Morgan fingerprint density at radius 1 is 0.949 bits per heavy atom. The Hall–Kier alpha value is -4.25. The Morgan fingerprint density at radius 2 is 1.51 bits per heavy atom. The van der Waals surface area contributed by atoms with Crippen molar-refractivity contribution in [2.75, 3.05) is 26.6 Å². The number of methoxy groups -OCH3 is 2. The molecule has 1 aliphatic rings. The van der Waals surface area contributed by atoms with Crippen LogP contribution in [0.3, 0.4) is 0 Å². The van der Waals surface area contributed by atoms with Gasteiger partial charge in [-0.3, -0.25) is 4.79 Å². The van der Waals surface area contributed by atoms with E-state index in [1.54, 1.807) is 14.2 Å². The third-order valence-corrected chi connectivity index (χ3v) is 6.87. The van der Waals surface area contributed by atoms with Crippen LogP contribution in [0.2, 0.25) is 0 Å². The van der Waals surface area contributed by atoms with Crippen molar-refractivity contribution in [3.63, 3.8) is 0 Å². The SMILES string of the molecule is COc1ccc(C(OC[C@H]2O[C@@H](n3ncc(=O)nc3N)C[C@@H]2O)(c2ccccc2)c2ccc(OC)cc2)cc1. The zero-order valence-corrected chi connectivity index (χ0v) is 21.6. The fourth-order valence-corrected chi connectivity index (χ4v) is 4.88. The number of hydrogen-bond acceptors (Lipinski definition) is 9. The zero-order valence-electron chi connectivity index (χ0n) is 21.6. The molecule has 3 atom stereocenters. The van der Waals surface area contributed by atoms with Gasteiger partial charge in [0, 0.05) is 6.42 Å². The van der Waals surface area contributed by atoms with Crippen molar-refractivity contribution >= 4 is 5.95 Å². The first-order valence-electron chi connectivity index (χ1n) is 12.5. The van der Waals surface area contributed by atoms with E-state index >= 15 is 0 Å². The second-order valence-electron chi connectivity index (χ2n) is 9.14. The minimum Gasteiger partial charge on any atom is -0.497 e. The zero-order chi connectivity index (χ0) is 27.4. The highest BCUT2D eigenvalue weighted by Gasteiger charge is 2.42. The molecule has 1 aromatic heterocycles. The molecule has 3 aromatic carbocycles. The van der Waals surface area contributed by atoms with E-state index in [1.807, 2.05) is 78.9 Å². The number of aliphatic hydroxyl groups is 1. The second kappa shape index (κ2) is 11.2. The van der Waals surface area contributed by atoms with Crippen LogP contribution in [0.25, 0.3) is 0 Å². The topological polar surface area (TPSA) is 131 Å². The average molecular weight is 531 g/mol. The molecule has 0 saturated carbocycles. The van der Waals surface area contributed by atoms with Crippen LogP contribution in [0.4, 0.5) is 5.95 Å². The quantitative estimate of drug-likeness (QED) is 0.314. The molecule has 1 fully saturated rings. The van der Waals surface area contributed by atoms with Crippen molar-refractivity contribution in [1.29, 1.82) is 0 Å². The summed E-state index contributed by atoms with van der Waals surface area (Å²) >= 11 is 0. The summed E-state index contributed by atoms with van der Waals surface area (Å²) in [5.74, 6) is 1.34. The highest BCUT2D eigenvalue weighted by Crippen LogP contribution is 2.42. The minimum atomic E-state index is -1.06. The molecule has 10 heteroatoms. The van der Waals surface area contributed by atoms with E-state index < -0.39 is 29.6 Å². The molecule has 0 bridgehead atoms. The van der Waals surface area contributed by atoms with Crippen LogP contribution < -0.4 is 20.8 Å². The third kappa shape index (κ3) is 5.22. The van der Waals surface area contributed by atoms with Crippen molar-refractivity contribution in [3.8, 4) is 11.5 Å². The smallest absolute Gasteiger partial charge is 0.293 e. The molecule has 0 spiro atoms. The first-order valence-corrected chi connectivity index (χ1v) is 12.5. The van der Waals surface area contributed by atoms with Gasteiger partial charge in [-0.2, -0.15) is 10.1 Å². The van der Waals surface area contributed by atoms with Gasteiger partial charge in [0.05, 0.1) is 26.9 Å². The van der Waals surface area contributed by atoms with Gasteiger partial charge in [-0.15, -0.1) is 0 Å². The summed E-state index contributed by atoms with van der Waals surface area (Å²) in [6, 6.07) is 25.2. The number of nitrogens with zero attached hydrogens (tertiary/aromatic N) is 3. The Labute approximate surface area is 225 Å². The molecule has 1 aliphatic heterocycles. The average Bonchev–Trinajstić information content (AvgIpc) is 3.34. The summed E-state index contributed by atoms with van der Waals surface area (Å²) in [4.78, 5) is 15.2. The van der Waals surface area contributed by atoms with Crippen LogP contribution in [0.15, 0.2) is 89.9 Å². The number of nitrogen functional groups attached to an aromatic ring is 1. The van der Waals surface area contributed by atoms with Crippen LogP contribution in [0.5, 0.6) is 11.5 Å². The lowest BCUT2D eigenvalue weighted by Gasteiger charge is -2.37. The van der Waals surface area contributed by atoms with Gasteiger partial charge in [0.2, 0.25) is 5.95 Å². The lowest BCUT2D eigenvalue weighted by molar-refractivity contribution is -0.0956. The van der Waals surface area contributed by atoms with E-state index in [2.05, 4.69) is 10.1 Å². The van der Waals surface area contributed by atoms with Crippen molar-refractivity contribution in [2.24, 2.45) is 0 Å². The Balaban J connectivity index is 1.53. The third-order valence-electron chi connectivity index (χ3n) is 6.87. The van der Waals surface area contributed by atoms with Crippen LogP contribution >= 0.6 is 0 Å². The van der Waals surface area contributed by atoms with Crippen molar-refractivity contribution in [1.82, 2.24) is 14.8 Å². The van der Waals surface area contributed by atoms with Crippen molar-refractivity contribution < 1.29 is 24.1 Å². The fourth-order valence-electron chi connectivity index (χ4n) is 4.88. The highest BCUT2D eigenvalue weighted by molar-refractivity contribution is 5.49. The molecule has 0 radical (unpaired) electrons. The van der Waals surface area contributed by atoms with Gasteiger partial charge in [-0.05, 0) is 41.0 Å². The molecule has 1 saturated heterocycles. The molecule has 202 valence electrons. The molecular formula is C29H30N4O6. The largest absolute Gasteiger partial charge is 0.497 e. The van der Waals surface area contributed by atoms with Crippen LogP contribution in [-0.2, 0) is 15.1 Å². The van der Waals surface area contributed by atoms with Crippen molar-refractivity contribution in [3.05, 3.63) is 112 Å². The molecule has 10 nitrogen and oxygen atoms in total. The fraction of sp³-hybridized carbons (Fsp3) is 0.276. The standard InChI is InChI=1S/C29H30N4O6/c1-36-22-12-8-20(9-13-22)29(19-6-4-3-5-7-19,21-10-14-23(37-2)15-11-21)38-18-25-24(34)16-27(39-25)33-28(30)32-26(35)17-31-33/h3-15,17,24-25,27,34H,16,18H2,1-2H3,(H2,30,32,35)/t24-,25+,27+/m0/s1. The summed E-state index contributed by atoms with van der Waals surface area (Å²) in [7, 11) is 3.24. The van der Waals surface area contributed by atoms with Gasteiger partial charge in [0.25, 0.3) is 5.56 Å². The molecule has 0 aliphatic carbocycles. The van der Waals surface area contributed by atoms with Crippen molar-refractivity contribution in [2.45, 2.75) is 30.5 Å². The summed E-state index contributed by atoms with van der Waals surface area (Å²) in [5.41, 5.74) is 6.89. The normalized spacial score (nSPS) is 19.1. The van der Waals surface area contributed by atoms with E-state index in [1.165, 1.54) is 4.68 Å². The van der Waals surface area contributed by atoms with Gasteiger partial charge in [0.1, 0.15) is 29.4 Å². The number of aliphatic hydroxyl groups excluding tert-OH is 1. The van der Waals surface area contributed by atoms with Gasteiger partial charge in [0.15, 0.2) is 6.23 Å². The van der Waals surface area contributed by atoms with E-state index in [0.717, 1.165) is 22.9 Å². The summed E-state index contributed by atoms with van der Waals surface area (Å²) in [5, 5.41) is 14.9. The molecule has 3 N–H and O–H groups in total. The monoisotopic (exact) mass is 530 g/mol. The summed E-state index contributed by atoms with van der Waals surface area (Å²) in [6.07, 6.45) is -0.996. The Kier molecular flexibility index (Phi) is 7.60. The maximum absolute atomic E-state index is 11.5. The lowest BCUT2D eigenvalue weighted by Crippen LogP contribution is -2.38. The maximum atomic E-state index is 11.5. The lowest BCUT2D eigenvalue weighted by atomic mass is 9.80. The van der Waals surface area contributed by atoms with Crippen LogP contribution in [0.1, 0.15) is 29.3 Å². The highest BCUT2D eigenvalue weighted by atomic mass is 16.6. The first kappa shape index (κ1) is 26.4. The number of anilines is 1. The predicted molar refractivity (Wildman–Crippen MR) is 144 cm³/mol. The number of nitrogens with two attached hydrogens (primary N) is 1. The molecule has 0 unspecified atom stereocenters. The van der Waals surface area contributed by atoms with E-state index in [0.29, 0.717) is 11.5 Å². The number of benzene rings is 3. The maximum Gasteiger partial charge on any atom is 0.293 e. The Bertz CT molecular complexity index is 1400. The van der Waals surface area contributed by atoms with Gasteiger partial charge in [-0.1, -0.05) is 54.6 Å². The van der Waals surface area contributed by atoms with Gasteiger partial charge < -0.3 is 29.8 Å². The number of ether oxygens (including phenoxy) is 4. The van der Waals surface area contributed by atoms with Crippen LogP contribution in [0, 0.1) is 0 Å². The summed E-state index contributed by atoms with van der Waals surface area (Å²) < 4.78 is 25.0. The van der Waals surface area contributed by atoms with Gasteiger partial charge in [-0.25, -0.2) is 4.68 Å². The number of aromatic nitrogens is 3. The summed E-state index contributed by atoms with van der Waals surface area (Å²) in [6.45, 7) is 0.0398. The minimum absolute atomic E-state index is 0.0398. The molecule has 5 rings (SSSR count). The van der Waals surface area contributed by atoms with E-state index in [-0.39, 0.29) is 19.0 Å². The van der Waals surface area contributed by atoms with Crippen LogP contribution in [-0.4, -0.2) is 52.9 Å². The molecule has 2 heterocycles. The molecular weight excluding hydrogens is 500 g/mol. The van der Waals surface area contributed by atoms with E-state index in [4.69, 9.17) is 24.7 Å². The van der Waals surface area contributed by atoms with E-state index in [9.17, 15) is 9.90 Å². The number of rotatable bonds is 9.